The van der Waals surface area contributed by atoms with Gasteiger partial charge < -0.3 is 20.3 Å². The monoisotopic (exact) mass is 526 g/mol. The molecule has 3 aliphatic rings. The van der Waals surface area contributed by atoms with Crippen molar-refractivity contribution in [2.75, 3.05) is 33.3 Å². The fraction of sp³-hybridized carbons (Fsp3) is 0.708. The standard InChI is InChI=1S/C24H38N4O.HI/c1-24(2)21(20-10-7-17-29-22(20)24)27-23(25-3)26-19-12-15-28(16-13-19)14-11-18-8-5-4-6-9-18;/h4-6,8-9,19-22H,7,10-17H2,1-3H3,(H2,25,26,27);1H. The lowest BCUT2D eigenvalue weighted by molar-refractivity contribution is -0.188. The number of aliphatic imine (C=N–C) groups is 1. The molecule has 0 aromatic heterocycles. The van der Waals surface area contributed by atoms with Gasteiger partial charge in [-0.3, -0.25) is 4.99 Å². The fourth-order valence-corrected chi connectivity index (χ4v) is 5.56. The lowest BCUT2D eigenvalue weighted by Crippen LogP contribution is -2.71. The number of piperidine rings is 1. The molecule has 1 aliphatic carbocycles. The highest BCUT2D eigenvalue weighted by Gasteiger charge is 2.58. The van der Waals surface area contributed by atoms with Crippen LogP contribution in [0.1, 0.15) is 45.1 Å². The molecule has 0 spiro atoms. The van der Waals surface area contributed by atoms with Crippen molar-refractivity contribution in [1.82, 2.24) is 15.5 Å². The second-order valence-electron chi connectivity index (χ2n) is 9.61. The highest BCUT2D eigenvalue weighted by molar-refractivity contribution is 14.0. The van der Waals surface area contributed by atoms with Gasteiger partial charge in [0.25, 0.3) is 0 Å². The van der Waals surface area contributed by atoms with Gasteiger partial charge in [0.2, 0.25) is 0 Å². The molecule has 168 valence electrons. The van der Waals surface area contributed by atoms with Crippen LogP contribution in [0.3, 0.4) is 0 Å². The minimum atomic E-state index is 0. The Morgan fingerprint density at radius 3 is 2.57 bits per heavy atom. The second kappa shape index (κ2) is 10.6. The van der Waals surface area contributed by atoms with E-state index in [9.17, 15) is 0 Å². The van der Waals surface area contributed by atoms with Crippen molar-refractivity contribution in [1.29, 1.82) is 0 Å². The minimum Gasteiger partial charge on any atom is -0.377 e. The maximum Gasteiger partial charge on any atom is 0.191 e. The Kier molecular flexibility index (Phi) is 8.44. The van der Waals surface area contributed by atoms with Gasteiger partial charge in [-0.2, -0.15) is 0 Å². The number of hydrogen-bond donors (Lipinski definition) is 2. The van der Waals surface area contributed by atoms with Gasteiger partial charge in [0.05, 0.1) is 6.10 Å². The van der Waals surface area contributed by atoms with Crippen LogP contribution in [0.5, 0.6) is 0 Å². The Labute approximate surface area is 199 Å². The van der Waals surface area contributed by atoms with Crippen LogP contribution in [0.2, 0.25) is 0 Å². The van der Waals surface area contributed by atoms with E-state index in [2.05, 4.69) is 64.7 Å². The number of hydrogen-bond acceptors (Lipinski definition) is 3. The summed E-state index contributed by atoms with van der Waals surface area (Å²) < 4.78 is 6.05. The summed E-state index contributed by atoms with van der Waals surface area (Å²) in [6.45, 7) is 9.06. The summed E-state index contributed by atoms with van der Waals surface area (Å²) in [4.78, 5) is 7.14. The summed E-state index contributed by atoms with van der Waals surface area (Å²) in [6.07, 6.45) is 6.35. The van der Waals surface area contributed by atoms with Crippen molar-refractivity contribution in [2.24, 2.45) is 16.3 Å². The molecule has 2 aliphatic heterocycles. The van der Waals surface area contributed by atoms with E-state index in [-0.39, 0.29) is 29.4 Å². The molecule has 2 N–H and O–H groups in total. The Hall–Kier alpha value is -0.860. The average Bonchev–Trinajstić information content (AvgIpc) is 2.76. The molecule has 0 radical (unpaired) electrons. The molecular weight excluding hydrogens is 487 g/mol. The topological polar surface area (TPSA) is 48.9 Å². The number of nitrogens with zero attached hydrogens (tertiary/aromatic N) is 2. The summed E-state index contributed by atoms with van der Waals surface area (Å²) in [7, 11) is 1.89. The highest BCUT2D eigenvalue weighted by atomic mass is 127. The lowest BCUT2D eigenvalue weighted by atomic mass is 9.55. The van der Waals surface area contributed by atoms with Gasteiger partial charge in [0, 0.05) is 56.7 Å². The van der Waals surface area contributed by atoms with Crippen LogP contribution in [-0.4, -0.2) is 62.3 Å². The molecule has 5 nitrogen and oxygen atoms in total. The van der Waals surface area contributed by atoms with Gasteiger partial charge in [0.1, 0.15) is 0 Å². The summed E-state index contributed by atoms with van der Waals surface area (Å²) >= 11 is 0. The van der Waals surface area contributed by atoms with Crippen molar-refractivity contribution in [3.05, 3.63) is 35.9 Å². The maximum absolute atomic E-state index is 6.05. The van der Waals surface area contributed by atoms with E-state index in [1.165, 1.54) is 31.2 Å². The largest absolute Gasteiger partial charge is 0.377 e. The first-order chi connectivity index (χ1) is 14.1. The number of benzene rings is 1. The highest BCUT2D eigenvalue weighted by Crippen LogP contribution is 2.51. The normalized spacial score (nSPS) is 29.3. The van der Waals surface area contributed by atoms with Gasteiger partial charge in [-0.15, -0.1) is 24.0 Å². The van der Waals surface area contributed by atoms with E-state index < -0.39 is 0 Å². The first kappa shape index (κ1) is 23.8. The second-order valence-corrected chi connectivity index (χ2v) is 9.61. The number of nitrogens with one attached hydrogen (secondary N) is 2. The molecule has 2 saturated heterocycles. The molecule has 1 aromatic carbocycles. The molecule has 0 bridgehead atoms. The van der Waals surface area contributed by atoms with Gasteiger partial charge in [0.15, 0.2) is 5.96 Å². The molecule has 3 atom stereocenters. The summed E-state index contributed by atoms with van der Waals surface area (Å²) in [5.74, 6) is 1.59. The Morgan fingerprint density at radius 1 is 1.13 bits per heavy atom. The van der Waals surface area contributed by atoms with Crippen molar-refractivity contribution in [2.45, 2.75) is 64.1 Å². The van der Waals surface area contributed by atoms with Crippen LogP contribution < -0.4 is 10.6 Å². The van der Waals surface area contributed by atoms with Crippen molar-refractivity contribution in [3.8, 4) is 0 Å². The molecule has 3 unspecified atom stereocenters. The number of halogens is 1. The number of rotatable bonds is 5. The number of fused-ring (bicyclic) bond motifs is 1. The molecule has 4 rings (SSSR count). The number of likely N-dealkylation sites (tertiary alicyclic amines) is 1. The molecule has 1 aromatic rings. The van der Waals surface area contributed by atoms with Crippen molar-refractivity contribution >= 4 is 29.9 Å². The fourth-order valence-electron chi connectivity index (χ4n) is 5.56. The number of guanidine groups is 1. The van der Waals surface area contributed by atoms with Crippen LogP contribution in [0.4, 0.5) is 0 Å². The predicted octanol–water partition coefficient (Wildman–Crippen LogP) is 3.68. The molecule has 30 heavy (non-hydrogen) atoms. The zero-order chi connectivity index (χ0) is 20.3. The number of ether oxygens (including phenoxy) is 1. The molecule has 6 heteroatoms. The summed E-state index contributed by atoms with van der Waals surface area (Å²) in [5, 5.41) is 7.45. The Balaban J connectivity index is 0.00000256. The average molecular weight is 527 g/mol. The van der Waals surface area contributed by atoms with Crippen LogP contribution in [-0.2, 0) is 11.2 Å². The summed E-state index contributed by atoms with van der Waals surface area (Å²) in [6, 6.07) is 11.8. The first-order valence-electron chi connectivity index (χ1n) is 11.5. The third-order valence-corrected chi connectivity index (χ3v) is 7.33. The van der Waals surface area contributed by atoms with Crippen LogP contribution in [0, 0.1) is 11.3 Å². The zero-order valence-corrected chi connectivity index (χ0v) is 21.1. The van der Waals surface area contributed by atoms with Gasteiger partial charge in [-0.05, 0) is 37.7 Å². The molecule has 2 heterocycles. The zero-order valence-electron chi connectivity index (χ0n) is 18.8. The van der Waals surface area contributed by atoms with Crippen molar-refractivity contribution < 1.29 is 4.74 Å². The third kappa shape index (κ3) is 5.30. The molecular formula is C24H39IN4O. The smallest absolute Gasteiger partial charge is 0.191 e. The van der Waals surface area contributed by atoms with E-state index in [0.717, 1.165) is 38.6 Å². The molecule has 0 amide bonds. The van der Waals surface area contributed by atoms with E-state index >= 15 is 0 Å². The van der Waals surface area contributed by atoms with Gasteiger partial charge >= 0.3 is 0 Å². The SMILES string of the molecule is CN=C(NC1CCN(CCc2ccccc2)CC1)NC1C2CCCOC2C1(C)C.I. The van der Waals surface area contributed by atoms with Crippen molar-refractivity contribution in [3.63, 3.8) is 0 Å². The minimum absolute atomic E-state index is 0. The lowest BCUT2D eigenvalue weighted by Gasteiger charge is -2.60. The molecule has 3 fully saturated rings. The van der Waals surface area contributed by atoms with Gasteiger partial charge in [-0.1, -0.05) is 44.2 Å². The van der Waals surface area contributed by atoms with E-state index in [0.29, 0.717) is 24.1 Å². The third-order valence-electron chi connectivity index (χ3n) is 7.33. The molecule has 1 saturated carbocycles. The quantitative estimate of drug-likeness (QED) is 0.349. The predicted molar refractivity (Wildman–Crippen MR) is 135 cm³/mol. The Morgan fingerprint density at radius 2 is 1.87 bits per heavy atom. The Bertz CT molecular complexity index is 688. The first-order valence-corrected chi connectivity index (χ1v) is 11.5. The maximum atomic E-state index is 6.05. The summed E-state index contributed by atoms with van der Waals surface area (Å²) in [5.41, 5.74) is 1.61. The van der Waals surface area contributed by atoms with Crippen LogP contribution in [0.15, 0.2) is 35.3 Å². The van der Waals surface area contributed by atoms with E-state index in [4.69, 9.17) is 4.74 Å². The van der Waals surface area contributed by atoms with E-state index in [1.54, 1.807) is 0 Å². The van der Waals surface area contributed by atoms with Crippen LogP contribution >= 0.6 is 24.0 Å². The van der Waals surface area contributed by atoms with Gasteiger partial charge in [-0.25, -0.2) is 0 Å². The van der Waals surface area contributed by atoms with Crippen LogP contribution in [0.25, 0.3) is 0 Å². The van der Waals surface area contributed by atoms with E-state index in [1.807, 2.05) is 7.05 Å².